The lowest BCUT2D eigenvalue weighted by Crippen LogP contribution is -2.71. The molecule has 2 N–H and O–H groups in total. The zero-order chi connectivity index (χ0) is 33.0. The molecule has 0 aromatic heterocycles. The Balaban J connectivity index is 1.23. The van der Waals surface area contributed by atoms with Crippen LogP contribution in [0.15, 0.2) is 30.3 Å². The molecule has 0 aliphatic carbocycles. The highest BCUT2D eigenvalue weighted by Crippen LogP contribution is 2.52. The summed E-state index contributed by atoms with van der Waals surface area (Å²) in [5.74, 6) is -6.81. The predicted octanol–water partition coefficient (Wildman–Crippen LogP) is 0.830. The van der Waals surface area contributed by atoms with Crippen LogP contribution < -0.4 is 5.32 Å². The molecule has 4 heterocycles. The van der Waals surface area contributed by atoms with Crippen molar-refractivity contribution >= 4 is 65.1 Å². The largest absolute Gasteiger partial charge is 0.480 e. The Bertz CT molecular complexity index is 1460. The van der Waals surface area contributed by atoms with E-state index in [9.17, 15) is 38.7 Å². The number of carbonyl (C=O) groups is 7. The van der Waals surface area contributed by atoms with Gasteiger partial charge in [-0.25, -0.2) is 9.59 Å². The van der Waals surface area contributed by atoms with Crippen molar-refractivity contribution in [2.24, 2.45) is 0 Å². The Hall–Kier alpha value is -3.79. The van der Waals surface area contributed by atoms with Gasteiger partial charge in [-0.2, -0.15) is 0 Å². The van der Waals surface area contributed by atoms with E-state index in [-0.39, 0.29) is 29.9 Å². The Labute approximate surface area is 266 Å². The van der Waals surface area contributed by atoms with E-state index in [4.69, 9.17) is 14.2 Å². The second kappa shape index (κ2) is 11.9. The van der Waals surface area contributed by atoms with Crippen molar-refractivity contribution in [1.29, 1.82) is 0 Å². The summed E-state index contributed by atoms with van der Waals surface area (Å²) in [7, 11) is 0. The number of nitrogens with zero attached hydrogens (tertiary/aromatic N) is 2. The summed E-state index contributed by atoms with van der Waals surface area (Å²) in [5.41, 5.74) is 0.257. The molecule has 0 radical (unpaired) electrons. The van der Waals surface area contributed by atoms with Gasteiger partial charge in [0, 0.05) is 18.6 Å². The summed E-state index contributed by atoms with van der Waals surface area (Å²) >= 11 is 2.58. The monoisotopic (exact) mass is 663 g/mol. The fourth-order valence-electron chi connectivity index (χ4n) is 6.09. The van der Waals surface area contributed by atoms with E-state index in [1.165, 1.54) is 59.3 Å². The number of carboxylic acid groups (broad SMARTS) is 1. The van der Waals surface area contributed by atoms with Gasteiger partial charge in [0.1, 0.15) is 30.1 Å². The first-order chi connectivity index (χ1) is 21.1. The van der Waals surface area contributed by atoms with Crippen molar-refractivity contribution in [3.8, 4) is 0 Å². The number of hydrogen-bond acceptors (Lipinski definition) is 12. The molecule has 4 fully saturated rings. The van der Waals surface area contributed by atoms with Crippen LogP contribution in [0.5, 0.6) is 0 Å². The molecule has 14 nitrogen and oxygen atoms in total. The number of esters is 3. The van der Waals surface area contributed by atoms with Crippen molar-refractivity contribution in [3.63, 3.8) is 0 Å². The van der Waals surface area contributed by atoms with Gasteiger partial charge in [0.15, 0.2) is 5.92 Å². The second-order valence-electron chi connectivity index (χ2n) is 11.9. The number of nitrogens with one attached hydrogen (secondary N) is 1. The molecule has 3 amide bonds. The average molecular weight is 664 g/mol. The maximum Gasteiger partial charge on any atom is 0.333 e. The van der Waals surface area contributed by atoms with E-state index in [1.807, 2.05) is 0 Å². The number of ether oxygens (including phenoxy) is 3. The molecule has 0 bridgehead atoms. The second-order valence-corrected chi connectivity index (χ2v) is 15.4. The molecule has 1 aromatic rings. The van der Waals surface area contributed by atoms with Crippen LogP contribution in [0.1, 0.15) is 52.5 Å². The fraction of sp³-hybridized carbons (Fsp3) is 0.552. The number of rotatable bonds is 10. The van der Waals surface area contributed by atoms with Crippen molar-refractivity contribution in [2.75, 3.05) is 6.61 Å². The molecule has 0 saturated carbocycles. The molecule has 5 rings (SSSR count). The van der Waals surface area contributed by atoms with Gasteiger partial charge in [0.05, 0.1) is 16.5 Å². The Morgan fingerprint density at radius 2 is 1.62 bits per heavy atom. The normalized spacial score (nSPS) is 30.6. The Morgan fingerprint density at radius 1 is 1.00 bits per heavy atom. The van der Waals surface area contributed by atoms with Gasteiger partial charge < -0.3 is 34.4 Å². The first-order valence-electron chi connectivity index (χ1n) is 14.2. The van der Waals surface area contributed by atoms with Gasteiger partial charge in [0.25, 0.3) is 0 Å². The Morgan fingerprint density at radius 3 is 2.20 bits per heavy atom. The highest BCUT2D eigenvalue weighted by atomic mass is 32.2. The molecule has 4 aliphatic heterocycles. The van der Waals surface area contributed by atoms with Crippen LogP contribution in [0.2, 0.25) is 0 Å². The van der Waals surface area contributed by atoms with E-state index in [1.54, 1.807) is 39.0 Å². The number of carboxylic acids is 1. The summed E-state index contributed by atoms with van der Waals surface area (Å²) in [6, 6.07) is 4.67. The predicted molar refractivity (Wildman–Crippen MR) is 158 cm³/mol. The van der Waals surface area contributed by atoms with E-state index < -0.39 is 80.9 Å². The van der Waals surface area contributed by atoms with E-state index >= 15 is 0 Å². The summed E-state index contributed by atoms with van der Waals surface area (Å²) in [5, 5.41) is 11.3. The lowest BCUT2D eigenvalue weighted by Gasteiger charge is -2.44. The topological polar surface area (TPSA) is 186 Å². The van der Waals surface area contributed by atoms with Crippen LogP contribution in [0, 0.1) is 0 Å². The molecule has 242 valence electrons. The van der Waals surface area contributed by atoms with E-state index in [2.05, 4.69) is 5.32 Å². The number of aliphatic carboxylic acids is 1. The van der Waals surface area contributed by atoms with Gasteiger partial charge in [-0.1, -0.05) is 30.3 Å². The minimum Gasteiger partial charge on any atom is -0.480 e. The summed E-state index contributed by atoms with van der Waals surface area (Å²) in [4.78, 5) is 91.2. The molecule has 4 saturated heterocycles. The van der Waals surface area contributed by atoms with Crippen LogP contribution in [0.4, 0.5) is 0 Å². The van der Waals surface area contributed by atoms with Crippen molar-refractivity contribution in [3.05, 3.63) is 35.9 Å². The highest BCUT2D eigenvalue weighted by Gasteiger charge is 2.65. The summed E-state index contributed by atoms with van der Waals surface area (Å²) < 4.78 is 14.2. The smallest absolute Gasteiger partial charge is 0.333 e. The molecule has 0 spiro atoms. The van der Waals surface area contributed by atoms with E-state index in [0.717, 1.165) is 0 Å². The van der Waals surface area contributed by atoms with Gasteiger partial charge in [-0.3, -0.25) is 24.0 Å². The lowest BCUT2D eigenvalue weighted by atomic mass is 9.94. The minimum absolute atomic E-state index is 0.135. The van der Waals surface area contributed by atoms with Gasteiger partial charge in [-0.05, 0) is 26.3 Å². The van der Waals surface area contributed by atoms with Crippen LogP contribution in [-0.4, -0.2) is 108 Å². The number of hydrogen-bond donors (Lipinski definition) is 2. The molecular formula is C29H33N3O11S2. The van der Waals surface area contributed by atoms with Crippen LogP contribution in [0.3, 0.4) is 0 Å². The highest BCUT2D eigenvalue weighted by molar-refractivity contribution is 8.02. The number of β-lactam (4-membered cyclic amide) rings is 2. The third-order valence-corrected chi connectivity index (χ3v) is 11.3. The van der Waals surface area contributed by atoms with Crippen molar-refractivity contribution in [1.82, 2.24) is 15.1 Å². The number of benzene rings is 1. The van der Waals surface area contributed by atoms with Crippen molar-refractivity contribution in [2.45, 2.75) is 91.6 Å². The minimum atomic E-state index is -1.53. The van der Waals surface area contributed by atoms with Gasteiger partial charge in [0.2, 0.25) is 24.0 Å². The molecule has 1 aromatic carbocycles. The number of carbonyl (C=O) groups excluding carboxylic acids is 6. The molecule has 8 atom stereocenters. The first-order valence-corrected chi connectivity index (χ1v) is 15.9. The molecule has 2 unspecified atom stereocenters. The molecule has 4 aliphatic rings. The first kappa shape index (κ1) is 32.6. The third-order valence-electron chi connectivity index (χ3n) is 8.16. The zero-order valence-corrected chi connectivity index (χ0v) is 26.7. The fourth-order valence-corrected chi connectivity index (χ4v) is 9.38. The number of thioether (sulfide) groups is 2. The van der Waals surface area contributed by atoms with Crippen molar-refractivity contribution < 1.29 is 52.9 Å². The zero-order valence-electron chi connectivity index (χ0n) is 25.1. The van der Waals surface area contributed by atoms with Gasteiger partial charge >= 0.3 is 23.9 Å². The van der Waals surface area contributed by atoms with Crippen LogP contribution in [-0.2, 0) is 47.8 Å². The molecular weight excluding hydrogens is 630 g/mol. The molecule has 16 heteroatoms. The van der Waals surface area contributed by atoms with Crippen LogP contribution >= 0.6 is 23.5 Å². The van der Waals surface area contributed by atoms with E-state index in [0.29, 0.717) is 0 Å². The van der Waals surface area contributed by atoms with Crippen LogP contribution in [0.25, 0.3) is 0 Å². The number of fused-ring (bicyclic) bond motifs is 2. The average Bonchev–Trinajstić information content (AvgIpc) is 3.35. The number of amides is 3. The standard InChI is InChI=1S/C29H33N3O11S2/c1-13(33)41-12-29(5)21(31-16(34)11-17(31)44-29)27(40)43-14(2)42-26(39)20-28(3,4)45-24-19(23(36)32(20)24)30-22(35)18(25(37)38)15-9-7-6-8-10-15/h6-10,14,17-21,24H,11-12H2,1-5H3,(H,30,35)(H,37,38)/t14?,17-,18?,19+,20-,21-,24+,29-/m0/s1. The maximum absolute atomic E-state index is 13.4. The van der Waals surface area contributed by atoms with Gasteiger partial charge in [-0.15, -0.1) is 23.5 Å². The SMILES string of the molecule is CC(=O)OC[C@]1(C)S[C@H]2CC(=O)N2[C@H]1C(=O)OC(C)OC(=O)[C@@H]1N2C(=O)[C@@H](NC(=O)C(C(=O)O)c3ccccc3)[C@H]2SC1(C)C. The molecule has 45 heavy (non-hydrogen) atoms. The Kier molecular flexibility index (Phi) is 8.59. The third kappa shape index (κ3) is 5.85. The quantitative estimate of drug-likeness (QED) is 0.155. The summed E-state index contributed by atoms with van der Waals surface area (Å²) in [6.07, 6.45) is -1.16. The lowest BCUT2D eigenvalue weighted by molar-refractivity contribution is -0.196. The summed E-state index contributed by atoms with van der Waals surface area (Å²) in [6.45, 7) is 7.57. The maximum atomic E-state index is 13.4.